The molecule has 0 saturated carbocycles. The van der Waals surface area contributed by atoms with E-state index < -0.39 is 17.7 Å². The third-order valence-corrected chi connectivity index (χ3v) is 2.53. The summed E-state index contributed by atoms with van der Waals surface area (Å²) in [6.45, 7) is 5.20. The number of ether oxygens (including phenoxy) is 2. The number of nitrogens with zero attached hydrogens (tertiary/aromatic N) is 3. The van der Waals surface area contributed by atoms with Crippen LogP contribution in [-0.4, -0.2) is 41.3 Å². The molecule has 9 heteroatoms. The summed E-state index contributed by atoms with van der Waals surface area (Å²) in [5.74, 6) is -0.473. The van der Waals surface area contributed by atoms with Crippen LogP contribution in [0.5, 0.6) is 0 Å². The van der Waals surface area contributed by atoms with Crippen molar-refractivity contribution in [2.24, 2.45) is 0 Å². The number of nitrogens with two attached hydrogens (primary N) is 1. The molecule has 2 N–H and O–H groups in total. The summed E-state index contributed by atoms with van der Waals surface area (Å²) < 4.78 is 9.80. The van der Waals surface area contributed by atoms with E-state index in [2.05, 4.69) is 14.7 Å². The summed E-state index contributed by atoms with van der Waals surface area (Å²) >= 11 is 5.84. The number of carbonyl (C=O) groups is 2. The fourth-order valence-electron chi connectivity index (χ4n) is 1.46. The second-order valence-electron chi connectivity index (χ2n) is 5.42. The maximum absolute atomic E-state index is 12.3. The van der Waals surface area contributed by atoms with Gasteiger partial charge in [-0.3, -0.25) is 4.90 Å². The van der Waals surface area contributed by atoms with Crippen molar-refractivity contribution in [1.82, 2.24) is 9.97 Å². The van der Waals surface area contributed by atoms with Gasteiger partial charge >= 0.3 is 12.1 Å². The molecule has 0 fully saturated rings. The second-order valence-corrected chi connectivity index (χ2v) is 5.81. The van der Waals surface area contributed by atoms with Crippen molar-refractivity contribution in [3.8, 4) is 0 Å². The predicted octanol–water partition coefficient (Wildman–Crippen LogP) is 2.18. The molecule has 0 aliphatic carbocycles. The average Bonchev–Trinajstić information content (AvgIpc) is 2.39. The number of anilines is 2. The van der Waals surface area contributed by atoms with Crippen LogP contribution in [0.15, 0.2) is 18.2 Å². The maximum Gasteiger partial charge on any atom is 0.416 e. The molecule has 23 heavy (non-hydrogen) atoms. The van der Waals surface area contributed by atoms with Crippen LogP contribution < -0.4 is 10.6 Å². The van der Waals surface area contributed by atoms with Gasteiger partial charge in [0, 0.05) is 18.7 Å². The first-order chi connectivity index (χ1) is 10.6. The number of carbonyl (C=O) groups excluding carboxylic acids is 2. The number of rotatable bonds is 4. The molecule has 1 aromatic rings. The Morgan fingerprint density at radius 1 is 1.39 bits per heavy atom. The molecular formula is C14H19ClN4O4. The molecule has 0 atom stereocenters. The number of aromatic nitrogens is 2. The minimum absolute atomic E-state index is 0.0107. The van der Waals surface area contributed by atoms with Crippen LogP contribution in [-0.2, 0) is 14.3 Å². The van der Waals surface area contributed by atoms with Gasteiger partial charge in [-0.15, -0.1) is 0 Å². The van der Waals surface area contributed by atoms with Gasteiger partial charge in [-0.05, 0) is 20.8 Å². The standard InChI is InChI=1S/C14H19ClN4O4/c1-14(2,3)23-13(21)19(7-5-6-11(20)22-4)10-8-9(15)17-12(16)18-10/h5-6,8H,7H2,1-4H3,(H2,16,17,18). The highest BCUT2D eigenvalue weighted by Crippen LogP contribution is 2.20. The Bertz CT molecular complexity index is 593. The summed E-state index contributed by atoms with van der Waals surface area (Å²) in [6, 6.07) is 1.37. The van der Waals surface area contributed by atoms with Crippen molar-refractivity contribution in [2.75, 3.05) is 24.3 Å². The van der Waals surface area contributed by atoms with Crippen molar-refractivity contribution >= 4 is 35.4 Å². The maximum atomic E-state index is 12.3. The van der Waals surface area contributed by atoms with Crippen LogP contribution in [0.4, 0.5) is 16.6 Å². The lowest BCUT2D eigenvalue weighted by atomic mass is 10.2. The molecule has 1 rings (SSSR count). The van der Waals surface area contributed by atoms with E-state index in [1.54, 1.807) is 20.8 Å². The van der Waals surface area contributed by atoms with Crippen LogP contribution >= 0.6 is 11.6 Å². The zero-order valence-corrected chi connectivity index (χ0v) is 14.1. The molecule has 0 saturated heterocycles. The Balaban J connectivity index is 3.07. The molecule has 1 aromatic heterocycles. The number of hydrogen-bond acceptors (Lipinski definition) is 7. The monoisotopic (exact) mass is 342 g/mol. The van der Waals surface area contributed by atoms with Gasteiger partial charge in [0.15, 0.2) is 0 Å². The Kier molecular flexibility index (Phi) is 6.32. The third kappa shape index (κ3) is 6.52. The zero-order valence-electron chi connectivity index (χ0n) is 13.4. The summed E-state index contributed by atoms with van der Waals surface area (Å²) in [5.41, 5.74) is 4.84. The Hall–Kier alpha value is -2.35. The highest BCUT2D eigenvalue weighted by Gasteiger charge is 2.24. The van der Waals surface area contributed by atoms with Gasteiger partial charge in [0.2, 0.25) is 5.95 Å². The van der Waals surface area contributed by atoms with Crippen LogP contribution in [0.1, 0.15) is 20.8 Å². The number of esters is 1. The molecule has 1 heterocycles. The molecule has 0 aliphatic rings. The van der Waals surface area contributed by atoms with E-state index in [0.717, 1.165) is 0 Å². The zero-order chi connectivity index (χ0) is 17.6. The number of hydrogen-bond donors (Lipinski definition) is 1. The minimum Gasteiger partial charge on any atom is -0.466 e. The van der Waals surface area contributed by atoms with E-state index in [-0.39, 0.29) is 23.5 Å². The van der Waals surface area contributed by atoms with E-state index in [0.29, 0.717) is 0 Å². The van der Waals surface area contributed by atoms with Gasteiger partial charge < -0.3 is 15.2 Å². The van der Waals surface area contributed by atoms with E-state index in [1.165, 1.54) is 30.2 Å². The molecule has 0 aromatic carbocycles. The lowest BCUT2D eigenvalue weighted by molar-refractivity contribution is -0.134. The Morgan fingerprint density at radius 3 is 2.57 bits per heavy atom. The minimum atomic E-state index is -0.705. The Morgan fingerprint density at radius 2 is 2.04 bits per heavy atom. The van der Waals surface area contributed by atoms with Crippen LogP contribution in [0.2, 0.25) is 5.15 Å². The highest BCUT2D eigenvalue weighted by atomic mass is 35.5. The van der Waals surface area contributed by atoms with E-state index >= 15 is 0 Å². The lowest BCUT2D eigenvalue weighted by Gasteiger charge is -2.26. The Labute approximate surface area is 139 Å². The first-order valence-corrected chi connectivity index (χ1v) is 7.05. The molecule has 0 radical (unpaired) electrons. The normalized spacial score (nSPS) is 11.3. The van der Waals surface area contributed by atoms with Gasteiger partial charge in [0.1, 0.15) is 16.6 Å². The third-order valence-electron chi connectivity index (χ3n) is 2.33. The highest BCUT2D eigenvalue weighted by molar-refractivity contribution is 6.29. The largest absolute Gasteiger partial charge is 0.466 e. The first kappa shape index (κ1) is 18.7. The number of amides is 1. The summed E-state index contributed by atoms with van der Waals surface area (Å²) in [6.07, 6.45) is 1.95. The molecule has 0 bridgehead atoms. The van der Waals surface area contributed by atoms with E-state index in [9.17, 15) is 9.59 Å². The summed E-state index contributed by atoms with van der Waals surface area (Å²) in [7, 11) is 1.25. The smallest absolute Gasteiger partial charge is 0.416 e. The lowest BCUT2D eigenvalue weighted by Crippen LogP contribution is -2.37. The fourth-order valence-corrected chi connectivity index (χ4v) is 1.65. The SMILES string of the molecule is COC(=O)C=CCN(C(=O)OC(C)(C)C)c1cc(Cl)nc(N)n1. The van der Waals surface area contributed by atoms with Crippen LogP contribution in [0.3, 0.4) is 0 Å². The van der Waals surface area contributed by atoms with Crippen molar-refractivity contribution in [2.45, 2.75) is 26.4 Å². The number of halogens is 1. The van der Waals surface area contributed by atoms with Gasteiger partial charge in [0.05, 0.1) is 7.11 Å². The molecular weight excluding hydrogens is 324 g/mol. The first-order valence-electron chi connectivity index (χ1n) is 6.67. The molecule has 8 nitrogen and oxygen atoms in total. The molecule has 1 amide bonds. The molecule has 126 valence electrons. The van der Waals surface area contributed by atoms with Gasteiger partial charge in [-0.2, -0.15) is 4.98 Å². The summed E-state index contributed by atoms with van der Waals surface area (Å²) in [4.78, 5) is 32.3. The van der Waals surface area contributed by atoms with Gasteiger partial charge in [-0.25, -0.2) is 14.6 Å². The number of methoxy groups -OCH3 is 1. The quantitative estimate of drug-likeness (QED) is 0.507. The van der Waals surface area contributed by atoms with Crippen molar-refractivity contribution in [1.29, 1.82) is 0 Å². The topological polar surface area (TPSA) is 108 Å². The molecule has 0 aliphatic heterocycles. The molecule has 0 unspecified atom stereocenters. The van der Waals surface area contributed by atoms with Crippen LogP contribution in [0, 0.1) is 0 Å². The predicted molar refractivity (Wildman–Crippen MR) is 86.2 cm³/mol. The van der Waals surface area contributed by atoms with Crippen molar-refractivity contribution < 1.29 is 19.1 Å². The van der Waals surface area contributed by atoms with Gasteiger partial charge in [0.25, 0.3) is 0 Å². The molecule has 0 spiro atoms. The fraction of sp³-hybridized carbons (Fsp3) is 0.429. The van der Waals surface area contributed by atoms with Crippen molar-refractivity contribution in [3.05, 3.63) is 23.4 Å². The van der Waals surface area contributed by atoms with E-state index in [1.807, 2.05) is 0 Å². The second kappa shape index (κ2) is 7.77. The van der Waals surface area contributed by atoms with Crippen molar-refractivity contribution in [3.63, 3.8) is 0 Å². The van der Waals surface area contributed by atoms with E-state index in [4.69, 9.17) is 22.1 Å². The van der Waals surface area contributed by atoms with Crippen LogP contribution in [0.25, 0.3) is 0 Å². The average molecular weight is 343 g/mol. The van der Waals surface area contributed by atoms with Gasteiger partial charge in [-0.1, -0.05) is 17.7 Å². The summed E-state index contributed by atoms with van der Waals surface area (Å²) in [5, 5.41) is 0.0815. The number of nitrogen functional groups attached to an aromatic ring is 1.